The van der Waals surface area contributed by atoms with Gasteiger partial charge in [-0.1, -0.05) is 6.07 Å². The standard InChI is InChI=1S/C26H26N4O5/c1-4-32-24-10-18(13-28-30-26-21(12-27)20(15-31-3)9-17(2)29-26)5-7-22(24)33-14-19-6-8-23-25(11-19)35-16-34-23/h5-11,13H,4,14-16H2,1-3H3,(H,29,30)/b28-13+. The molecule has 4 rings (SSSR count). The van der Waals surface area contributed by atoms with Gasteiger partial charge in [0.1, 0.15) is 18.2 Å². The van der Waals surface area contributed by atoms with Gasteiger partial charge in [0.2, 0.25) is 6.79 Å². The maximum Gasteiger partial charge on any atom is 0.231 e. The van der Waals surface area contributed by atoms with E-state index < -0.39 is 0 Å². The number of anilines is 1. The van der Waals surface area contributed by atoms with Crippen LogP contribution in [0.5, 0.6) is 23.0 Å². The highest BCUT2D eigenvalue weighted by atomic mass is 16.7. The Morgan fingerprint density at radius 3 is 2.74 bits per heavy atom. The van der Waals surface area contributed by atoms with E-state index in [0.717, 1.165) is 28.1 Å². The third-order valence-corrected chi connectivity index (χ3v) is 5.12. The minimum Gasteiger partial charge on any atom is -0.490 e. The molecule has 0 spiro atoms. The third kappa shape index (κ3) is 5.80. The minimum atomic E-state index is 0.234. The van der Waals surface area contributed by atoms with Crippen LogP contribution < -0.4 is 24.4 Å². The van der Waals surface area contributed by atoms with Crippen LogP contribution >= 0.6 is 0 Å². The van der Waals surface area contributed by atoms with Crippen molar-refractivity contribution in [1.29, 1.82) is 5.26 Å². The molecule has 1 aliphatic heterocycles. The third-order valence-electron chi connectivity index (χ3n) is 5.12. The average Bonchev–Trinajstić information content (AvgIpc) is 3.32. The molecular weight excluding hydrogens is 448 g/mol. The lowest BCUT2D eigenvalue weighted by atomic mass is 10.1. The van der Waals surface area contributed by atoms with Crippen molar-refractivity contribution in [1.82, 2.24) is 4.98 Å². The predicted molar refractivity (Wildman–Crippen MR) is 130 cm³/mol. The topological polar surface area (TPSA) is 107 Å². The summed E-state index contributed by atoms with van der Waals surface area (Å²) in [4.78, 5) is 4.39. The fraction of sp³-hybridized carbons (Fsp3) is 0.269. The molecular formula is C26H26N4O5. The second kappa shape index (κ2) is 11.2. The quantitative estimate of drug-likeness (QED) is 0.337. The number of pyridine rings is 1. The molecule has 0 atom stereocenters. The zero-order valence-corrected chi connectivity index (χ0v) is 19.8. The number of aryl methyl sites for hydroxylation is 1. The number of aromatic nitrogens is 1. The first-order chi connectivity index (χ1) is 17.1. The molecule has 9 nitrogen and oxygen atoms in total. The normalized spacial score (nSPS) is 11.9. The summed E-state index contributed by atoms with van der Waals surface area (Å²) in [6, 6.07) is 15.3. The van der Waals surface area contributed by atoms with E-state index in [9.17, 15) is 5.26 Å². The Hall–Kier alpha value is -4.29. The Labute approximate surface area is 203 Å². The van der Waals surface area contributed by atoms with E-state index >= 15 is 0 Å². The highest BCUT2D eigenvalue weighted by Gasteiger charge is 2.14. The highest BCUT2D eigenvalue weighted by molar-refractivity contribution is 5.81. The number of hydrogen-bond acceptors (Lipinski definition) is 9. The fourth-order valence-corrected chi connectivity index (χ4v) is 3.57. The zero-order valence-electron chi connectivity index (χ0n) is 19.8. The van der Waals surface area contributed by atoms with Crippen LogP contribution in [0.3, 0.4) is 0 Å². The molecule has 180 valence electrons. The van der Waals surface area contributed by atoms with Crippen LogP contribution in [-0.4, -0.2) is 31.7 Å². The summed E-state index contributed by atoms with van der Waals surface area (Å²) >= 11 is 0. The Bertz CT molecular complexity index is 1270. The van der Waals surface area contributed by atoms with Crippen molar-refractivity contribution >= 4 is 12.0 Å². The molecule has 1 aliphatic rings. The van der Waals surface area contributed by atoms with Crippen LogP contribution in [0.25, 0.3) is 0 Å². The molecule has 3 aromatic rings. The van der Waals surface area contributed by atoms with E-state index in [1.807, 2.05) is 56.3 Å². The van der Waals surface area contributed by atoms with Gasteiger partial charge >= 0.3 is 0 Å². The first-order valence-corrected chi connectivity index (χ1v) is 11.1. The molecule has 0 saturated carbocycles. The number of fused-ring (bicyclic) bond motifs is 1. The van der Waals surface area contributed by atoms with Gasteiger partial charge in [-0.05, 0) is 61.4 Å². The van der Waals surface area contributed by atoms with Crippen LogP contribution in [0.2, 0.25) is 0 Å². The number of hydrogen-bond donors (Lipinski definition) is 1. The lowest BCUT2D eigenvalue weighted by Crippen LogP contribution is -2.04. The molecule has 0 fully saturated rings. The summed E-state index contributed by atoms with van der Waals surface area (Å²) in [7, 11) is 1.58. The molecule has 0 unspecified atom stereocenters. The van der Waals surface area contributed by atoms with Gasteiger partial charge in [0.25, 0.3) is 0 Å². The molecule has 0 saturated heterocycles. The van der Waals surface area contributed by atoms with Crippen LogP contribution in [0.15, 0.2) is 47.6 Å². The number of benzene rings is 2. The Balaban J connectivity index is 1.46. The average molecular weight is 475 g/mol. The van der Waals surface area contributed by atoms with Crippen molar-refractivity contribution in [3.8, 4) is 29.1 Å². The molecule has 1 aromatic heterocycles. The first kappa shape index (κ1) is 23.9. The predicted octanol–water partition coefficient (Wildman–Crippen LogP) is 4.56. The Kier molecular flexibility index (Phi) is 7.65. The molecule has 2 heterocycles. The summed E-state index contributed by atoms with van der Waals surface area (Å²) in [5.74, 6) is 3.05. The second-order valence-electron chi connectivity index (χ2n) is 7.68. The maximum atomic E-state index is 9.56. The van der Waals surface area contributed by atoms with Gasteiger partial charge in [0.15, 0.2) is 28.8 Å². The van der Waals surface area contributed by atoms with Crippen molar-refractivity contribution in [2.45, 2.75) is 27.1 Å². The molecule has 0 aliphatic carbocycles. The maximum absolute atomic E-state index is 9.56. The van der Waals surface area contributed by atoms with Crippen LogP contribution in [0.1, 0.15) is 34.9 Å². The van der Waals surface area contributed by atoms with Gasteiger partial charge in [-0.15, -0.1) is 0 Å². The van der Waals surface area contributed by atoms with Crippen molar-refractivity contribution < 1.29 is 23.7 Å². The Morgan fingerprint density at radius 2 is 1.94 bits per heavy atom. The molecule has 0 bridgehead atoms. The number of methoxy groups -OCH3 is 1. The minimum absolute atomic E-state index is 0.234. The van der Waals surface area contributed by atoms with Crippen LogP contribution in [-0.2, 0) is 18.0 Å². The largest absolute Gasteiger partial charge is 0.490 e. The van der Waals surface area contributed by atoms with E-state index in [1.54, 1.807) is 13.3 Å². The summed E-state index contributed by atoms with van der Waals surface area (Å²) < 4.78 is 27.7. The lowest BCUT2D eigenvalue weighted by Gasteiger charge is -2.13. The Morgan fingerprint density at radius 1 is 1.09 bits per heavy atom. The number of ether oxygens (including phenoxy) is 5. The molecule has 35 heavy (non-hydrogen) atoms. The first-order valence-electron chi connectivity index (χ1n) is 11.1. The number of rotatable bonds is 10. The van der Waals surface area contributed by atoms with E-state index in [2.05, 4.69) is 21.6 Å². The van der Waals surface area contributed by atoms with Gasteiger partial charge in [-0.3, -0.25) is 5.43 Å². The van der Waals surface area contributed by atoms with Gasteiger partial charge in [-0.25, -0.2) is 4.98 Å². The summed E-state index contributed by atoms with van der Waals surface area (Å²) in [6.45, 7) is 5.15. The second-order valence-corrected chi connectivity index (χ2v) is 7.68. The molecule has 1 N–H and O–H groups in total. The molecule has 2 aromatic carbocycles. The van der Waals surface area contributed by atoms with E-state index in [0.29, 0.717) is 48.5 Å². The van der Waals surface area contributed by atoms with Gasteiger partial charge in [0, 0.05) is 18.4 Å². The summed E-state index contributed by atoms with van der Waals surface area (Å²) in [5.41, 5.74) is 6.53. The number of nitriles is 1. The monoisotopic (exact) mass is 474 g/mol. The van der Waals surface area contributed by atoms with Gasteiger partial charge < -0.3 is 23.7 Å². The van der Waals surface area contributed by atoms with Gasteiger partial charge in [0.05, 0.1) is 19.4 Å². The number of nitrogens with zero attached hydrogens (tertiary/aromatic N) is 3. The smallest absolute Gasteiger partial charge is 0.231 e. The van der Waals surface area contributed by atoms with Crippen molar-refractivity contribution in [2.75, 3.05) is 25.9 Å². The highest BCUT2D eigenvalue weighted by Crippen LogP contribution is 2.34. The van der Waals surface area contributed by atoms with Gasteiger partial charge in [-0.2, -0.15) is 10.4 Å². The van der Waals surface area contributed by atoms with Crippen LogP contribution in [0, 0.1) is 18.3 Å². The molecule has 0 radical (unpaired) electrons. The number of hydrazone groups is 1. The zero-order chi connectivity index (χ0) is 24.6. The van der Waals surface area contributed by atoms with Crippen molar-refractivity contribution in [3.05, 3.63) is 70.4 Å². The molecule has 0 amide bonds. The summed E-state index contributed by atoms with van der Waals surface area (Å²) in [5, 5.41) is 13.8. The molecule has 9 heteroatoms. The van der Waals surface area contributed by atoms with Crippen LogP contribution in [0.4, 0.5) is 5.82 Å². The van der Waals surface area contributed by atoms with Crippen molar-refractivity contribution in [2.24, 2.45) is 5.10 Å². The SMILES string of the molecule is CCOc1cc(/C=N/Nc2nc(C)cc(COC)c2C#N)ccc1OCc1ccc2c(c1)OCO2. The van der Waals surface area contributed by atoms with E-state index in [1.165, 1.54) is 0 Å². The lowest BCUT2D eigenvalue weighted by molar-refractivity contribution is 0.174. The van der Waals surface area contributed by atoms with Crippen molar-refractivity contribution in [3.63, 3.8) is 0 Å². The van der Waals surface area contributed by atoms with E-state index in [-0.39, 0.29) is 6.79 Å². The van der Waals surface area contributed by atoms with E-state index in [4.69, 9.17) is 23.7 Å². The number of nitrogens with one attached hydrogen (secondary N) is 1. The fourth-order valence-electron chi connectivity index (χ4n) is 3.57. The summed E-state index contributed by atoms with van der Waals surface area (Å²) in [6.07, 6.45) is 1.63.